The van der Waals surface area contributed by atoms with E-state index < -0.39 is 0 Å². The number of amides is 1. The highest BCUT2D eigenvalue weighted by atomic mass is 16.3. The molecule has 0 radical (unpaired) electrons. The van der Waals surface area contributed by atoms with Crippen LogP contribution in [0.1, 0.15) is 27.2 Å². The van der Waals surface area contributed by atoms with Crippen molar-refractivity contribution in [1.29, 1.82) is 0 Å². The van der Waals surface area contributed by atoms with Gasteiger partial charge in [-0.25, -0.2) is 0 Å². The first-order valence-corrected chi connectivity index (χ1v) is 5.07. The van der Waals surface area contributed by atoms with Gasteiger partial charge >= 0.3 is 0 Å². The highest BCUT2D eigenvalue weighted by Crippen LogP contribution is 1.91. The molecule has 0 fully saturated rings. The van der Waals surface area contributed by atoms with E-state index in [2.05, 4.69) is 5.32 Å². The summed E-state index contributed by atoms with van der Waals surface area (Å²) in [4.78, 5) is 13.2. The molecule has 0 aromatic rings. The van der Waals surface area contributed by atoms with E-state index in [9.17, 15) is 4.79 Å². The minimum Gasteiger partial charge on any atom is -0.392 e. The molecule has 1 atom stereocenters. The summed E-state index contributed by atoms with van der Waals surface area (Å²) in [7, 11) is 1.90. The fraction of sp³-hybridized carbons (Fsp3) is 0.900. The number of hydrogen-bond acceptors (Lipinski definition) is 3. The Kier molecular flexibility index (Phi) is 6.49. The van der Waals surface area contributed by atoms with Crippen LogP contribution < -0.4 is 5.32 Å². The van der Waals surface area contributed by atoms with Crippen molar-refractivity contribution in [3.63, 3.8) is 0 Å². The molecule has 1 unspecified atom stereocenters. The summed E-state index contributed by atoms with van der Waals surface area (Å²) < 4.78 is 0. The fourth-order valence-corrected chi connectivity index (χ4v) is 1.23. The Hall–Kier alpha value is -0.610. The first-order chi connectivity index (χ1) is 6.41. The number of carbonyl (C=O) groups is 1. The highest BCUT2D eigenvalue weighted by Gasteiger charge is 2.06. The average Bonchev–Trinajstić information content (AvgIpc) is 1.98. The number of rotatable bonds is 6. The third-order valence-corrected chi connectivity index (χ3v) is 1.75. The molecule has 2 N–H and O–H groups in total. The topological polar surface area (TPSA) is 52.6 Å². The Morgan fingerprint density at radius 1 is 1.43 bits per heavy atom. The second kappa shape index (κ2) is 6.79. The average molecular weight is 202 g/mol. The first-order valence-electron chi connectivity index (χ1n) is 5.07. The Morgan fingerprint density at radius 3 is 2.43 bits per heavy atom. The quantitative estimate of drug-likeness (QED) is 0.647. The van der Waals surface area contributed by atoms with Gasteiger partial charge in [-0.15, -0.1) is 0 Å². The van der Waals surface area contributed by atoms with E-state index >= 15 is 0 Å². The third kappa shape index (κ3) is 8.01. The van der Waals surface area contributed by atoms with Crippen molar-refractivity contribution in [3.05, 3.63) is 0 Å². The van der Waals surface area contributed by atoms with E-state index in [1.807, 2.05) is 25.8 Å². The van der Waals surface area contributed by atoms with Crippen LogP contribution in [-0.2, 0) is 4.79 Å². The molecule has 1 amide bonds. The molecule has 0 heterocycles. The van der Waals surface area contributed by atoms with Crippen LogP contribution in [-0.4, -0.2) is 48.2 Å². The number of likely N-dealkylation sites (N-methyl/N-ethyl adjacent to an activating group) is 1. The van der Waals surface area contributed by atoms with Gasteiger partial charge in [0.2, 0.25) is 5.91 Å². The fourth-order valence-electron chi connectivity index (χ4n) is 1.23. The van der Waals surface area contributed by atoms with Gasteiger partial charge in [0.1, 0.15) is 0 Å². The van der Waals surface area contributed by atoms with E-state index in [0.29, 0.717) is 19.5 Å². The molecule has 0 bridgehead atoms. The number of nitrogens with one attached hydrogen (secondary N) is 1. The van der Waals surface area contributed by atoms with Crippen molar-refractivity contribution in [2.75, 3.05) is 20.1 Å². The lowest BCUT2D eigenvalue weighted by atomic mass is 10.3. The van der Waals surface area contributed by atoms with E-state index in [-0.39, 0.29) is 18.1 Å². The van der Waals surface area contributed by atoms with Crippen LogP contribution in [0.5, 0.6) is 0 Å². The molecule has 0 rings (SSSR count). The second-order valence-electron chi connectivity index (χ2n) is 4.08. The van der Waals surface area contributed by atoms with Gasteiger partial charge in [-0.3, -0.25) is 4.79 Å². The lowest BCUT2D eigenvalue weighted by Gasteiger charge is -2.18. The minimum atomic E-state index is -0.340. The predicted molar refractivity (Wildman–Crippen MR) is 57.1 cm³/mol. The Morgan fingerprint density at radius 2 is 2.00 bits per heavy atom. The van der Waals surface area contributed by atoms with Crippen LogP contribution in [0.4, 0.5) is 0 Å². The molecule has 4 nitrogen and oxygen atoms in total. The SMILES string of the molecule is CC(O)CN(C)CCC(=O)NC(C)C. The Labute approximate surface area is 86.3 Å². The molecular weight excluding hydrogens is 180 g/mol. The summed E-state index contributed by atoms with van der Waals surface area (Å²) in [5.41, 5.74) is 0. The maximum absolute atomic E-state index is 11.2. The van der Waals surface area contributed by atoms with Gasteiger partial charge in [0, 0.05) is 25.6 Å². The second-order valence-corrected chi connectivity index (χ2v) is 4.08. The molecule has 0 aromatic carbocycles. The molecule has 0 aliphatic rings. The molecule has 0 aromatic heterocycles. The summed E-state index contributed by atoms with van der Waals surface area (Å²) in [5, 5.41) is 11.9. The molecule has 0 spiro atoms. The summed E-state index contributed by atoms with van der Waals surface area (Å²) in [6.07, 6.45) is 0.148. The highest BCUT2D eigenvalue weighted by molar-refractivity contribution is 5.76. The van der Waals surface area contributed by atoms with Gasteiger partial charge in [0.05, 0.1) is 6.10 Å². The van der Waals surface area contributed by atoms with Crippen molar-refractivity contribution in [2.24, 2.45) is 0 Å². The van der Waals surface area contributed by atoms with E-state index in [1.165, 1.54) is 0 Å². The van der Waals surface area contributed by atoms with Crippen LogP contribution in [0.2, 0.25) is 0 Å². The van der Waals surface area contributed by atoms with Crippen molar-refractivity contribution < 1.29 is 9.90 Å². The maximum Gasteiger partial charge on any atom is 0.221 e. The monoisotopic (exact) mass is 202 g/mol. The number of aliphatic hydroxyl groups excluding tert-OH is 1. The zero-order valence-electron chi connectivity index (χ0n) is 9.58. The Bertz CT molecular complexity index is 170. The van der Waals surface area contributed by atoms with E-state index in [4.69, 9.17) is 5.11 Å². The van der Waals surface area contributed by atoms with Crippen molar-refractivity contribution in [3.8, 4) is 0 Å². The van der Waals surface area contributed by atoms with Gasteiger partial charge in [0.15, 0.2) is 0 Å². The number of aliphatic hydroxyl groups is 1. The van der Waals surface area contributed by atoms with Crippen molar-refractivity contribution >= 4 is 5.91 Å². The third-order valence-electron chi connectivity index (χ3n) is 1.75. The minimum absolute atomic E-state index is 0.0671. The number of nitrogens with zero attached hydrogens (tertiary/aromatic N) is 1. The molecule has 0 saturated heterocycles. The number of hydrogen-bond donors (Lipinski definition) is 2. The van der Waals surface area contributed by atoms with Crippen LogP contribution in [0.3, 0.4) is 0 Å². The molecular formula is C10H22N2O2. The lowest BCUT2D eigenvalue weighted by molar-refractivity contribution is -0.121. The molecule has 4 heteroatoms. The standard InChI is InChI=1S/C10H22N2O2/c1-8(2)11-10(14)5-6-12(4)7-9(3)13/h8-9,13H,5-7H2,1-4H3,(H,11,14). The van der Waals surface area contributed by atoms with Gasteiger partial charge in [-0.2, -0.15) is 0 Å². The van der Waals surface area contributed by atoms with Gasteiger partial charge in [0.25, 0.3) is 0 Å². The lowest BCUT2D eigenvalue weighted by Crippen LogP contribution is -2.34. The summed E-state index contributed by atoms with van der Waals surface area (Å²) in [6, 6.07) is 0.199. The van der Waals surface area contributed by atoms with E-state index in [1.54, 1.807) is 6.92 Å². The molecule has 0 aliphatic heterocycles. The largest absolute Gasteiger partial charge is 0.392 e. The van der Waals surface area contributed by atoms with Crippen molar-refractivity contribution in [1.82, 2.24) is 10.2 Å². The van der Waals surface area contributed by atoms with Crippen LogP contribution in [0, 0.1) is 0 Å². The van der Waals surface area contributed by atoms with Gasteiger partial charge in [-0.1, -0.05) is 0 Å². The van der Waals surface area contributed by atoms with Crippen LogP contribution in [0.25, 0.3) is 0 Å². The zero-order valence-corrected chi connectivity index (χ0v) is 9.58. The number of carbonyl (C=O) groups excluding carboxylic acids is 1. The molecule has 84 valence electrons. The Balaban J connectivity index is 3.56. The molecule has 0 aliphatic carbocycles. The normalized spacial score (nSPS) is 13.4. The van der Waals surface area contributed by atoms with E-state index in [0.717, 1.165) is 0 Å². The zero-order chi connectivity index (χ0) is 11.1. The van der Waals surface area contributed by atoms with Gasteiger partial charge < -0.3 is 15.3 Å². The van der Waals surface area contributed by atoms with Gasteiger partial charge in [-0.05, 0) is 27.8 Å². The first kappa shape index (κ1) is 13.4. The summed E-state index contributed by atoms with van der Waals surface area (Å²) >= 11 is 0. The smallest absolute Gasteiger partial charge is 0.221 e. The molecule has 14 heavy (non-hydrogen) atoms. The summed E-state index contributed by atoms with van der Waals surface area (Å²) in [6.45, 7) is 6.91. The van der Waals surface area contributed by atoms with Crippen LogP contribution in [0.15, 0.2) is 0 Å². The van der Waals surface area contributed by atoms with Crippen molar-refractivity contribution in [2.45, 2.75) is 39.3 Å². The summed E-state index contributed by atoms with van der Waals surface area (Å²) in [5.74, 6) is 0.0671. The van der Waals surface area contributed by atoms with Crippen LogP contribution >= 0.6 is 0 Å². The molecule has 0 saturated carbocycles. The predicted octanol–water partition coefficient (Wildman–Crippen LogP) is 0.214. The maximum atomic E-state index is 11.2.